The number of esters is 6. The number of carbonyl (C=O) groups is 8. The predicted octanol–water partition coefficient (Wildman–Crippen LogP) is 4.03. The maximum absolute atomic E-state index is 12.9. The fourth-order valence-electron chi connectivity index (χ4n) is 7.09. The molecule has 4 aliphatic rings. The Hall–Kier alpha value is -5.74. The van der Waals surface area contributed by atoms with Crippen LogP contribution < -0.4 is 0 Å². The number of allylic oxidation sites excluding steroid dienone is 2. The highest BCUT2D eigenvalue weighted by molar-refractivity contribution is 5.99. The van der Waals surface area contributed by atoms with Gasteiger partial charge >= 0.3 is 35.8 Å². The lowest BCUT2D eigenvalue weighted by Crippen LogP contribution is -2.58. The van der Waals surface area contributed by atoms with Crippen LogP contribution in [0.4, 0.5) is 0 Å². The summed E-state index contributed by atoms with van der Waals surface area (Å²) in [5.74, 6) is -9.06. The summed E-state index contributed by atoms with van der Waals surface area (Å²) in [5, 5.41) is 22.3. The molecule has 2 saturated heterocycles. The molecule has 2 N–H and O–H groups in total. The summed E-state index contributed by atoms with van der Waals surface area (Å²) in [6, 6.07) is 0. The van der Waals surface area contributed by atoms with Crippen molar-refractivity contribution in [3.63, 3.8) is 0 Å². The predicted molar refractivity (Wildman–Crippen MR) is 221 cm³/mol. The monoisotopic (exact) mass is 866 g/mol. The van der Waals surface area contributed by atoms with Crippen molar-refractivity contribution in [3.05, 3.63) is 85.1 Å². The van der Waals surface area contributed by atoms with Gasteiger partial charge in [-0.3, -0.25) is 14.4 Å². The first kappa shape index (κ1) is 50.6. The van der Waals surface area contributed by atoms with Crippen molar-refractivity contribution in [2.24, 2.45) is 29.6 Å². The Kier molecular flexibility index (Phi) is 16.3. The number of rotatable bonds is 8. The zero-order valence-electron chi connectivity index (χ0n) is 36.7. The quantitative estimate of drug-likeness (QED) is 0.199. The average molecular weight is 867 g/mol. The molecule has 62 heavy (non-hydrogen) atoms. The lowest BCUT2D eigenvalue weighted by Gasteiger charge is -2.40. The van der Waals surface area contributed by atoms with E-state index in [1.807, 2.05) is 6.92 Å². The summed E-state index contributed by atoms with van der Waals surface area (Å²) in [4.78, 5) is 100. The van der Waals surface area contributed by atoms with Gasteiger partial charge in [-0.1, -0.05) is 72.7 Å². The summed E-state index contributed by atoms with van der Waals surface area (Å²) in [5.41, 5.74) is -4.46. The lowest BCUT2D eigenvalue weighted by atomic mass is 9.77. The third kappa shape index (κ3) is 11.4. The molecule has 0 aromatic heterocycles. The molecule has 0 aromatic rings. The minimum Gasteiger partial charge on any atom is -0.458 e. The maximum Gasteiger partial charge on any atom is 0.334 e. The van der Waals surface area contributed by atoms with Crippen molar-refractivity contribution < 1.29 is 77.0 Å². The first-order valence-corrected chi connectivity index (χ1v) is 20.0. The molecule has 0 radical (unpaired) electrons. The Morgan fingerprint density at radius 3 is 1.29 bits per heavy atom. The van der Waals surface area contributed by atoms with Crippen LogP contribution in [0.3, 0.4) is 0 Å². The van der Waals surface area contributed by atoms with Crippen LogP contribution in [0.5, 0.6) is 0 Å². The van der Waals surface area contributed by atoms with Crippen LogP contribution >= 0.6 is 0 Å². The van der Waals surface area contributed by atoms with Crippen LogP contribution in [-0.2, 0) is 66.8 Å². The van der Waals surface area contributed by atoms with Crippen LogP contribution in [0.25, 0.3) is 0 Å². The van der Waals surface area contributed by atoms with Crippen molar-refractivity contribution in [2.45, 2.75) is 123 Å². The molecule has 0 bridgehead atoms. The zero-order valence-corrected chi connectivity index (χ0v) is 36.7. The molecule has 0 aromatic carbocycles. The van der Waals surface area contributed by atoms with E-state index in [9.17, 15) is 48.6 Å². The summed E-state index contributed by atoms with van der Waals surface area (Å²) >= 11 is 0. The van der Waals surface area contributed by atoms with Gasteiger partial charge in [-0.15, -0.1) is 0 Å². The molecule has 12 atom stereocenters. The highest BCUT2D eigenvalue weighted by Crippen LogP contribution is 2.42. The van der Waals surface area contributed by atoms with Gasteiger partial charge in [-0.2, -0.15) is 0 Å². The Morgan fingerprint density at radius 2 is 0.968 bits per heavy atom. The van der Waals surface area contributed by atoms with E-state index >= 15 is 0 Å². The number of fused-ring (bicyclic) bond motifs is 2. The molecule has 16 nitrogen and oxygen atoms in total. The minimum absolute atomic E-state index is 0.00334. The Labute approximate surface area is 361 Å². The number of ether oxygens (including phenoxy) is 6. The Bertz CT molecular complexity index is 1990. The molecule has 338 valence electrons. The van der Waals surface area contributed by atoms with Crippen molar-refractivity contribution in [3.8, 4) is 0 Å². The zero-order chi connectivity index (χ0) is 47.3. The van der Waals surface area contributed by atoms with E-state index in [2.05, 4.69) is 32.9 Å². The van der Waals surface area contributed by atoms with Gasteiger partial charge in [0.25, 0.3) is 0 Å². The van der Waals surface area contributed by atoms with E-state index in [1.165, 1.54) is 39.8 Å². The summed E-state index contributed by atoms with van der Waals surface area (Å²) in [7, 11) is 0. The van der Waals surface area contributed by atoms with Gasteiger partial charge in [0.15, 0.2) is 47.2 Å². The van der Waals surface area contributed by atoms with E-state index in [4.69, 9.17) is 28.4 Å². The number of aliphatic hydroxyl groups is 2. The van der Waals surface area contributed by atoms with E-state index in [0.29, 0.717) is 12.8 Å². The molecule has 0 saturated carbocycles. The van der Waals surface area contributed by atoms with E-state index in [0.717, 1.165) is 6.92 Å². The van der Waals surface area contributed by atoms with Crippen molar-refractivity contribution in [1.82, 2.24) is 0 Å². The first-order chi connectivity index (χ1) is 28.5. The second-order valence-electron chi connectivity index (χ2n) is 17.1. The van der Waals surface area contributed by atoms with Crippen LogP contribution in [0.1, 0.15) is 75.2 Å². The van der Waals surface area contributed by atoms with Crippen LogP contribution in [0, 0.1) is 29.6 Å². The number of ketones is 2. The van der Waals surface area contributed by atoms with Gasteiger partial charge in [0.1, 0.15) is 12.2 Å². The second kappa shape index (κ2) is 20.0. The normalized spacial score (nSPS) is 34.4. The molecule has 0 amide bonds. The molecule has 2 aliphatic carbocycles. The van der Waals surface area contributed by atoms with Crippen LogP contribution in [-0.4, -0.2) is 105 Å². The SMILES string of the molecule is C=C(C)C(=O)O[C@H]1[C@H]2C(=C)C(=O)O[C@@H]2C[C@@H](C)/C=C\C(=O)[C@@](C)(O)[C@@H]1OC(=O)C(=C)C.C=C(C)C(=O)O[C@H]1[C@H]2C(=C)C(=O)O[C@@H]2C[C@@H](C)/C=C\C(=O)[C@@](C)(O)[C@@H]1OC(=O)C(C)C. The van der Waals surface area contributed by atoms with Gasteiger partial charge in [0.05, 0.1) is 17.8 Å². The Balaban J connectivity index is 0.000000330. The summed E-state index contributed by atoms with van der Waals surface area (Å²) in [6.45, 7) is 31.5. The molecule has 0 unspecified atom stereocenters. The summed E-state index contributed by atoms with van der Waals surface area (Å²) < 4.78 is 33.0. The molecule has 2 heterocycles. The van der Waals surface area contributed by atoms with E-state index < -0.39 is 113 Å². The van der Waals surface area contributed by atoms with Gasteiger partial charge in [-0.05, 0) is 71.4 Å². The van der Waals surface area contributed by atoms with Gasteiger partial charge in [0.2, 0.25) is 0 Å². The molecule has 2 aliphatic heterocycles. The number of hydrogen-bond donors (Lipinski definition) is 2. The largest absolute Gasteiger partial charge is 0.458 e. The van der Waals surface area contributed by atoms with Gasteiger partial charge in [-0.25, -0.2) is 24.0 Å². The third-order valence-corrected chi connectivity index (χ3v) is 10.9. The molecular formula is C46H58O16. The second-order valence-corrected chi connectivity index (χ2v) is 17.1. The minimum atomic E-state index is -2.30. The topological polar surface area (TPSA) is 232 Å². The first-order valence-electron chi connectivity index (χ1n) is 20.0. The van der Waals surface area contributed by atoms with Crippen LogP contribution in [0.15, 0.2) is 85.1 Å². The fraction of sp³-hybridized carbons (Fsp3) is 0.522. The third-order valence-electron chi connectivity index (χ3n) is 10.9. The highest BCUT2D eigenvalue weighted by Gasteiger charge is 2.58. The average Bonchev–Trinajstić information content (AvgIpc) is 3.61. The van der Waals surface area contributed by atoms with Crippen molar-refractivity contribution >= 4 is 47.4 Å². The highest BCUT2D eigenvalue weighted by atomic mass is 16.6. The fourth-order valence-corrected chi connectivity index (χ4v) is 7.09. The number of carbonyl (C=O) groups excluding carboxylic acids is 8. The maximum atomic E-state index is 12.9. The Morgan fingerprint density at radius 1 is 0.645 bits per heavy atom. The molecule has 16 heteroatoms. The summed E-state index contributed by atoms with van der Waals surface area (Å²) in [6.07, 6.45) is -1.55. The lowest BCUT2D eigenvalue weighted by molar-refractivity contribution is -0.197. The smallest absolute Gasteiger partial charge is 0.334 e. The molecular weight excluding hydrogens is 808 g/mol. The van der Waals surface area contributed by atoms with Gasteiger partial charge in [0, 0.05) is 27.9 Å². The molecule has 0 spiro atoms. The van der Waals surface area contributed by atoms with Gasteiger partial charge < -0.3 is 38.6 Å². The molecule has 2 fully saturated rings. The van der Waals surface area contributed by atoms with Crippen molar-refractivity contribution in [1.29, 1.82) is 0 Å². The standard InChI is InChI=1S/C23H30O8.C23H28O8/c2*1-11(2)20(25)30-18-17-14(6)22(27)29-15(17)10-13(5)8-9-16(24)23(7,28)19(18)31-21(26)12(3)4/h8-9,12-13,15,17-19,28H,1,6,10H2,2-5,7H3;8-9,13,15,17-19,28H,1,3,6,10H2,2,4-5,7H3/b2*9-8-/t2*13-,15+,17-,18-,19+,23+/m00/s1. The van der Waals surface area contributed by atoms with E-state index in [-0.39, 0.29) is 39.7 Å². The molecule has 4 rings (SSSR count). The van der Waals surface area contributed by atoms with Crippen LogP contribution in [0.2, 0.25) is 0 Å². The number of hydrogen-bond acceptors (Lipinski definition) is 16. The van der Waals surface area contributed by atoms with Crippen molar-refractivity contribution in [2.75, 3.05) is 0 Å². The van der Waals surface area contributed by atoms with E-state index in [1.54, 1.807) is 32.9 Å².